The standard InChI is InChI=1S/C16H18N4O3/c17-8-11-1-4-14(15(7-11)20(22)23)18-9-12-5-6-19(10-12)16(21)13-2-3-13/h1,4,7,12-13,18H,2-3,5-6,9-10H2/t12-/m0/s1. The summed E-state index contributed by atoms with van der Waals surface area (Å²) in [6, 6.07) is 6.31. The van der Waals surface area contributed by atoms with E-state index in [1.54, 1.807) is 12.1 Å². The lowest BCUT2D eigenvalue weighted by Crippen LogP contribution is -2.30. The van der Waals surface area contributed by atoms with Gasteiger partial charge in [-0.15, -0.1) is 0 Å². The van der Waals surface area contributed by atoms with Gasteiger partial charge in [0.05, 0.1) is 16.6 Å². The van der Waals surface area contributed by atoms with Gasteiger partial charge in [-0.1, -0.05) is 0 Å². The van der Waals surface area contributed by atoms with E-state index in [1.807, 2.05) is 11.0 Å². The van der Waals surface area contributed by atoms with Crippen molar-refractivity contribution >= 4 is 17.3 Å². The Morgan fingerprint density at radius 3 is 2.87 bits per heavy atom. The topological polar surface area (TPSA) is 99.3 Å². The number of nitro benzene ring substituents is 1. The van der Waals surface area contributed by atoms with Gasteiger partial charge in [0.2, 0.25) is 5.91 Å². The van der Waals surface area contributed by atoms with Crippen LogP contribution in [-0.4, -0.2) is 35.4 Å². The maximum Gasteiger partial charge on any atom is 0.293 e. The molecule has 0 radical (unpaired) electrons. The smallest absolute Gasteiger partial charge is 0.293 e. The first-order valence-corrected chi connectivity index (χ1v) is 7.79. The monoisotopic (exact) mass is 314 g/mol. The lowest BCUT2D eigenvalue weighted by molar-refractivity contribution is -0.384. The van der Waals surface area contributed by atoms with Gasteiger partial charge >= 0.3 is 0 Å². The van der Waals surface area contributed by atoms with Crippen molar-refractivity contribution in [3.8, 4) is 6.07 Å². The fourth-order valence-corrected chi connectivity index (χ4v) is 2.94. The Kier molecular flexibility index (Phi) is 4.15. The van der Waals surface area contributed by atoms with Crippen LogP contribution in [0.2, 0.25) is 0 Å². The van der Waals surface area contributed by atoms with Gasteiger partial charge in [0.25, 0.3) is 5.69 Å². The number of nitrogens with zero attached hydrogens (tertiary/aromatic N) is 3. The first-order chi connectivity index (χ1) is 11.1. The highest BCUT2D eigenvalue weighted by Crippen LogP contribution is 2.33. The second-order valence-electron chi connectivity index (χ2n) is 6.19. The summed E-state index contributed by atoms with van der Waals surface area (Å²) in [5, 5.41) is 23.1. The summed E-state index contributed by atoms with van der Waals surface area (Å²) >= 11 is 0. The van der Waals surface area contributed by atoms with Crippen molar-refractivity contribution in [3.63, 3.8) is 0 Å². The number of hydrogen-bond donors (Lipinski definition) is 1. The van der Waals surface area contributed by atoms with E-state index in [9.17, 15) is 14.9 Å². The van der Waals surface area contributed by atoms with E-state index in [4.69, 9.17) is 5.26 Å². The molecule has 1 amide bonds. The number of likely N-dealkylation sites (tertiary alicyclic amines) is 1. The number of hydrogen-bond acceptors (Lipinski definition) is 5. The third-order valence-corrected chi connectivity index (χ3v) is 4.43. The Labute approximate surface area is 134 Å². The predicted octanol–water partition coefficient (Wildman–Crippen LogP) is 2.14. The maximum absolute atomic E-state index is 12.0. The van der Waals surface area contributed by atoms with Crippen molar-refractivity contribution in [2.75, 3.05) is 25.0 Å². The third kappa shape index (κ3) is 3.42. The Hall–Kier alpha value is -2.62. The second kappa shape index (κ2) is 6.24. The van der Waals surface area contributed by atoms with E-state index in [0.29, 0.717) is 24.7 Å². The average Bonchev–Trinajstić information content (AvgIpc) is 3.30. The molecule has 2 fully saturated rings. The summed E-state index contributed by atoms with van der Waals surface area (Å²) in [5.41, 5.74) is 0.596. The van der Waals surface area contributed by atoms with Gasteiger partial charge in [-0.3, -0.25) is 14.9 Å². The Morgan fingerprint density at radius 1 is 1.43 bits per heavy atom. The van der Waals surface area contributed by atoms with Crippen LogP contribution in [0.25, 0.3) is 0 Å². The van der Waals surface area contributed by atoms with Gasteiger partial charge in [0.15, 0.2) is 0 Å². The normalized spacial score (nSPS) is 20.1. The maximum atomic E-state index is 12.0. The minimum Gasteiger partial charge on any atom is -0.379 e. The molecule has 1 aromatic rings. The molecule has 1 saturated heterocycles. The summed E-state index contributed by atoms with van der Waals surface area (Å²) in [5.74, 6) is 0.797. The van der Waals surface area contributed by atoms with Crippen molar-refractivity contribution < 1.29 is 9.72 Å². The van der Waals surface area contributed by atoms with E-state index in [2.05, 4.69) is 5.32 Å². The Bertz CT molecular complexity index is 678. The van der Waals surface area contributed by atoms with Gasteiger partial charge in [0, 0.05) is 31.6 Å². The van der Waals surface area contributed by atoms with Crippen molar-refractivity contribution in [1.29, 1.82) is 5.26 Å². The first kappa shape index (κ1) is 15.3. The van der Waals surface area contributed by atoms with Crippen LogP contribution in [0.15, 0.2) is 18.2 Å². The van der Waals surface area contributed by atoms with E-state index in [0.717, 1.165) is 25.8 Å². The molecule has 1 aromatic carbocycles. The molecule has 1 heterocycles. The van der Waals surface area contributed by atoms with E-state index in [-0.39, 0.29) is 23.1 Å². The van der Waals surface area contributed by atoms with Crippen LogP contribution in [0.5, 0.6) is 0 Å². The zero-order valence-corrected chi connectivity index (χ0v) is 12.7. The van der Waals surface area contributed by atoms with Crippen LogP contribution in [0.1, 0.15) is 24.8 Å². The number of amides is 1. The van der Waals surface area contributed by atoms with Crippen LogP contribution in [0, 0.1) is 33.3 Å². The van der Waals surface area contributed by atoms with Crippen LogP contribution in [0.4, 0.5) is 11.4 Å². The second-order valence-corrected chi connectivity index (χ2v) is 6.19. The minimum atomic E-state index is -0.485. The average molecular weight is 314 g/mol. The lowest BCUT2D eigenvalue weighted by Gasteiger charge is -2.16. The predicted molar refractivity (Wildman–Crippen MR) is 83.7 cm³/mol. The van der Waals surface area contributed by atoms with Gasteiger partial charge in [-0.05, 0) is 37.3 Å². The van der Waals surface area contributed by atoms with Crippen LogP contribution in [0.3, 0.4) is 0 Å². The minimum absolute atomic E-state index is 0.0899. The van der Waals surface area contributed by atoms with Gasteiger partial charge in [-0.2, -0.15) is 5.26 Å². The molecule has 1 N–H and O–H groups in total. The summed E-state index contributed by atoms with van der Waals surface area (Å²) < 4.78 is 0. The number of carbonyl (C=O) groups excluding carboxylic acids is 1. The highest BCUT2D eigenvalue weighted by Gasteiger charge is 2.36. The van der Waals surface area contributed by atoms with E-state index in [1.165, 1.54) is 6.07 Å². The number of nitro groups is 1. The molecule has 1 aliphatic heterocycles. The quantitative estimate of drug-likeness (QED) is 0.663. The molecule has 0 aromatic heterocycles. The summed E-state index contributed by atoms with van der Waals surface area (Å²) in [6.45, 7) is 2.07. The fourth-order valence-electron chi connectivity index (χ4n) is 2.94. The molecule has 3 rings (SSSR count). The van der Waals surface area contributed by atoms with Crippen molar-refractivity contribution in [3.05, 3.63) is 33.9 Å². The molecule has 1 atom stereocenters. The van der Waals surface area contributed by atoms with E-state index >= 15 is 0 Å². The zero-order chi connectivity index (χ0) is 16.4. The third-order valence-electron chi connectivity index (χ3n) is 4.43. The van der Waals surface area contributed by atoms with Gasteiger partial charge < -0.3 is 10.2 Å². The molecule has 0 unspecified atom stereocenters. The lowest BCUT2D eigenvalue weighted by atomic mass is 10.1. The van der Waals surface area contributed by atoms with Crippen molar-refractivity contribution in [2.24, 2.45) is 11.8 Å². The molecule has 1 aliphatic carbocycles. The van der Waals surface area contributed by atoms with Gasteiger partial charge in [-0.25, -0.2) is 0 Å². The number of nitriles is 1. The number of carbonyl (C=O) groups is 1. The van der Waals surface area contributed by atoms with Gasteiger partial charge in [0.1, 0.15) is 5.69 Å². The zero-order valence-electron chi connectivity index (χ0n) is 12.7. The number of benzene rings is 1. The molecule has 7 heteroatoms. The summed E-state index contributed by atoms with van der Waals surface area (Å²) in [7, 11) is 0. The Morgan fingerprint density at radius 2 is 2.22 bits per heavy atom. The SMILES string of the molecule is N#Cc1ccc(NC[C@@H]2CCN(C(=O)C3CC3)C2)c([N+](=O)[O-])c1. The highest BCUT2D eigenvalue weighted by atomic mass is 16.6. The molecule has 7 nitrogen and oxygen atoms in total. The summed E-state index contributed by atoms with van der Waals surface area (Å²) in [6.07, 6.45) is 2.93. The molecule has 120 valence electrons. The molecule has 0 spiro atoms. The van der Waals surface area contributed by atoms with E-state index < -0.39 is 4.92 Å². The van der Waals surface area contributed by atoms with Crippen LogP contribution >= 0.6 is 0 Å². The fraction of sp³-hybridized carbons (Fsp3) is 0.500. The number of nitrogens with one attached hydrogen (secondary N) is 1. The molecular weight excluding hydrogens is 296 g/mol. The first-order valence-electron chi connectivity index (χ1n) is 7.79. The van der Waals surface area contributed by atoms with Crippen molar-refractivity contribution in [1.82, 2.24) is 4.90 Å². The Balaban J connectivity index is 1.59. The van der Waals surface area contributed by atoms with Crippen molar-refractivity contribution in [2.45, 2.75) is 19.3 Å². The molecular formula is C16H18N4O3. The molecule has 23 heavy (non-hydrogen) atoms. The number of anilines is 1. The molecule has 2 aliphatic rings. The van der Waals surface area contributed by atoms with Crippen LogP contribution in [-0.2, 0) is 4.79 Å². The largest absolute Gasteiger partial charge is 0.379 e. The number of rotatable bonds is 5. The molecule has 0 bridgehead atoms. The highest BCUT2D eigenvalue weighted by molar-refractivity contribution is 5.81. The summed E-state index contributed by atoms with van der Waals surface area (Å²) in [4.78, 5) is 24.6. The molecule has 1 saturated carbocycles. The van der Waals surface area contributed by atoms with Crippen LogP contribution < -0.4 is 5.32 Å².